The van der Waals surface area contributed by atoms with Gasteiger partial charge in [0.05, 0.1) is 13.2 Å². The third-order valence-electron chi connectivity index (χ3n) is 3.27. The highest BCUT2D eigenvalue weighted by atomic mass is 16.5. The zero-order valence-corrected chi connectivity index (χ0v) is 12.0. The van der Waals surface area contributed by atoms with Crippen molar-refractivity contribution >= 4 is 5.91 Å². The molecule has 3 nitrogen and oxygen atoms in total. The van der Waals surface area contributed by atoms with Gasteiger partial charge in [0, 0.05) is 11.1 Å². The first-order valence-electron chi connectivity index (χ1n) is 6.62. The van der Waals surface area contributed by atoms with Crippen LogP contribution in [0.4, 0.5) is 0 Å². The van der Waals surface area contributed by atoms with E-state index in [1.54, 1.807) is 7.11 Å². The molecule has 104 valence electrons. The summed E-state index contributed by atoms with van der Waals surface area (Å²) in [5.74, 6) is 0.701. The summed E-state index contributed by atoms with van der Waals surface area (Å²) in [5.41, 5.74) is 2.77. The number of methoxy groups -OCH3 is 1. The molecule has 0 saturated carbocycles. The van der Waals surface area contributed by atoms with Crippen LogP contribution in [0.3, 0.4) is 0 Å². The SMILES string of the molecule is COc1ccccc1[C@@H](C)NC(=O)c1ccc(C)cc1. The fourth-order valence-electron chi connectivity index (χ4n) is 2.09. The minimum atomic E-state index is -0.111. The minimum Gasteiger partial charge on any atom is -0.496 e. The fourth-order valence-corrected chi connectivity index (χ4v) is 2.09. The van der Waals surface area contributed by atoms with E-state index in [4.69, 9.17) is 4.74 Å². The van der Waals surface area contributed by atoms with Gasteiger partial charge in [0.15, 0.2) is 0 Å². The van der Waals surface area contributed by atoms with Crippen molar-refractivity contribution in [2.45, 2.75) is 19.9 Å². The van der Waals surface area contributed by atoms with E-state index < -0.39 is 0 Å². The lowest BCUT2D eigenvalue weighted by atomic mass is 10.1. The highest BCUT2D eigenvalue weighted by Gasteiger charge is 2.14. The Balaban J connectivity index is 2.13. The number of hydrogen-bond donors (Lipinski definition) is 1. The van der Waals surface area contributed by atoms with Gasteiger partial charge in [0.2, 0.25) is 0 Å². The molecule has 1 amide bonds. The number of aryl methyl sites for hydroxylation is 1. The van der Waals surface area contributed by atoms with Crippen molar-refractivity contribution in [3.63, 3.8) is 0 Å². The molecule has 0 aliphatic carbocycles. The first kappa shape index (κ1) is 14.1. The lowest BCUT2D eigenvalue weighted by Crippen LogP contribution is -2.26. The first-order valence-corrected chi connectivity index (χ1v) is 6.62. The topological polar surface area (TPSA) is 38.3 Å². The third-order valence-corrected chi connectivity index (χ3v) is 3.27. The van der Waals surface area contributed by atoms with Gasteiger partial charge in [-0.2, -0.15) is 0 Å². The van der Waals surface area contributed by atoms with Crippen molar-refractivity contribution in [1.29, 1.82) is 0 Å². The van der Waals surface area contributed by atoms with Crippen molar-refractivity contribution in [2.75, 3.05) is 7.11 Å². The van der Waals surface area contributed by atoms with Crippen LogP contribution in [-0.4, -0.2) is 13.0 Å². The maximum Gasteiger partial charge on any atom is 0.251 e. The van der Waals surface area contributed by atoms with Crippen LogP contribution in [0.2, 0.25) is 0 Å². The number of nitrogens with one attached hydrogen (secondary N) is 1. The summed E-state index contributed by atoms with van der Waals surface area (Å²) in [6, 6.07) is 15.1. The Hall–Kier alpha value is -2.29. The number of carbonyl (C=O) groups is 1. The molecular formula is C17H19NO2. The molecule has 20 heavy (non-hydrogen) atoms. The molecule has 0 heterocycles. The van der Waals surface area contributed by atoms with Gasteiger partial charge in [-0.3, -0.25) is 4.79 Å². The number of benzene rings is 2. The quantitative estimate of drug-likeness (QED) is 0.922. The normalized spacial score (nSPS) is 11.8. The molecule has 1 N–H and O–H groups in total. The average molecular weight is 269 g/mol. The number of hydrogen-bond acceptors (Lipinski definition) is 2. The van der Waals surface area contributed by atoms with Crippen LogP contribution in [0.1, 0.15) is 34.5 Å². The summed E-state index contributed by atoms with van der Waals surface area (Å²) >= 11 is 0. The summed E-state index contributed by atoms with van der Waals surface area (Å²) < 4.78 is 5.32. The number of rotatable bonds is 4. The van der Waals surface area contributed by atoms with E-state index in [-0.39, 0.29) is 11.9 Å². The molecule has 0 bridgehead atoms. The van der Waals surface area contributed by atoms with E-state index in [1.807, 2.05) is 62.4 Å². The number of carbonyl (C=O) groups excluding carboxylic acids is 1. The van der Waals surface area contributed by atoms with E-state index in [1.165, 1.54) is 0 Å². The summed E-state index contributed by atoms with van der Waals surface area (Å²) in [6.07, 6.45) is 0. The maximum absolute atomic E-state index is 12.2. The summed E-state index contributed by atoms with van der Waals surface area (Å²) in [7, 11) is 1.63. The Labute approximate surface area is 119 Å². The molecule has 2 rings (SSSR count). The van der Waals surface area contributed by atoms with Crippen LogP contribution >= 0.6 is 0 Å². The molecular weight excluding hydrogens is 250 g/mol. The lowest BCUT2D eigenvalue weighted by Gasteiger charge is -2.17. The number of para-hydroxylation sites is 1. The van der Waals surface area contributed by atoms with Crippen molar-refractivity contribution in [1.82, 2.24) is 5.32 Å². The van der Waals surface area contributed by atoms with Crippen LogP contribution in [-0.2, 0) is 0 Å². The van der Waals surface area contributed by atoms with Gasteiger partial charge in [-0.15, -0.1) is 0 Å². The molecule has 1 atom stereocenters. The molecule has 0 aliphatic rings. The monoisotopic (exact) mass is 269 g/mol. The van der Waals surface area contributed by atoms with Gasteiger partial charge < -0.3 is 10.1 Å². The molecule has 0 spiro atoms. The average Bonchev–Trinajstić information content (AvgIpc) is 2.47. The zero-order chi connectivity index (χ0) is 14.5. The summed E-state index contributed by atoms with van der Waals surface area (Å²) in [6.45, 7) is 3.95. The van der Waals surface area contributed by atoms with E-state index in [0.29, 0.717) is 5.56 Å². The van der Waals surface area contributed by atoms with E-state index >= 15 is 0 Å². The van der Waals surface area contributed by atoms with Gasteiger partial charge in [-0.1, -0.05) is 35.9 Å². The highest BCUT2D eigenvalue weighted by Crippen LogP contribution is 2.24. The van der Waals surface area contributed by atoms with Crippen LogP contribution in [0.25, 0.3) is 0 Å². The molecule has 0 fully saturated rings. The maximum atomic E-state index is 12.2. The predicted molar refractivity (Wildman–Crippen MR) is 80.1 cm³/mol. The van der Waals surface area contributed by atoms with Crippen molar-refractivity contribution < 1.29 is 9.53 Å². The van der Waals surface area contributed by atoms with Crippen molar-refractivity contribution in [3.8, 4) is 5.75 Å². The summed E-state index contributed by atoms with van der Waals surface area (Å²) in [5, 5.41) is 2.99. The molecule has 0 radical (unpaired) electrons. The Bertz CT molecular complexity index is 590. The third kappa shape index (κ3) is 3.18. The highest BCUT2D eigenvalue weighted by molar-refractivity contribution is 5.94. The van der Waals surface area contributed by atoms with Crippen LogP contribution in [0, 0.1) is 6.92 Å². The standard InChI is InChI=1S/C17H19NO2/c1-12-8-10-14(11-9-12)17(19)18-13(2)15-6-4-5-7-16(15)20-3/h4-11,13H,1-3H3,(H,18,19)/t13-/m1/s1. The number of amides is 1. The molecule has 0 unspecified atom stereocenters. The molecule has 0 saturated heterocycles. The fraction of sp³-hybridized carbons (Fsp3) is 0.235. The van der Waals surface area contributed by atoms with Crippen LogP contribution in [0.15, 0.2) is 48.5 Å². The Morgan fingerprint density at radius 2 is 1.75 bits per heavy atom. The van der Waals surface area contributed by atoms with E-state index in [2.05, 4.69) is 5.32 Å². The van der Waals surface area contributed by atoms with Gasteiger partial charge in [0.1, 0.15) is 5.75 Å². The molecule has 2 aromatic rings. The van der Waals surface area contributed by atoms with Crippen LogP contribution < -0.4 is 10.1 Å². The van der Waals surface area contributed by atoms with Gasteiger partial charge in [-0.05, 0) is 32.0 Å². The van der Waals surface area contributed by atoms with E-state index in [9.17, 15) is 4.79 Å². The van der Waals surface area contributed by atoms with Gasteiger partial charge in [-0.25, -0.2) is 0 Å². The molecule has 0 aromatic heterocycles. The second-order valence-electron chi connectivity index (χ2n) is 4.80. The second kappa shape index (κ2) is 6.24. The smallest absolute Gasteiger partial charge is 0.251 e. The first-order chi connectivity index (χ1) is 9.61. The van der Waals surface area contributed by atoms with Crippen molar-refractivity contribution in [2.24, 2.45) is 0 Å². The Morgan fingerprint density at radius 3 is 2.40 bits per heavy atom. The van der Waals surface area contributed by atoms with Gasteiger partial charge >= 0.3 is 0 Å². The number of ether oxygens (including phenoxy) is 1. The van der Waals surface area contributed by atoms with Crippen LogP contribution in [0.5, 0.6) is 5.75 Å². The second-order valence-corrected chi connectivity index (χ2v) is 4.80. The zero-order valence-electron chi connectivity index (χ0n) is 12.0. The Morgan fingerprint density at radius 1 is 1.10 bits per heavy atom. The van der Waals surface area contributed by atoms with Crippen molar-refractivity contribution in [3.05, 3.63) is 65.2 Å². The molecule has 2 aromatic carbocycles. The Kier molecular flexibility index (Phi) is 4.41. The lowest BCUT2D eigenvalue weighted by molar-refractivity contribution is 0.0939. The molecule has 0 aliphatic heterocycles. The summed E-state index contributed by atoms with van der Waals surface area (Å²) in [4.78, 5) is 12.2. The molecule has 3 heteroatoms. The minimum absolute atomic E-state index is 0.0802. The van der Waals surface area contributed by atoms with E-state index in [0.717, 1.165) is 16.9 Å². The van der Waals surface area contributed by atoms with Gasteiger partial charge in [0.25, 0.3) is 5.91 Å². The predicted octanol–water partition coefficient (Wildman–Crippen LogP) is 3.49. The largest absolute Gasteiger partial charge is 0.496 e.